The molecule has 1 atom stereocenters. The van der Waals surface area contributed by atoms with Gasteiger partial charge in [0.2, 0.25) is 0 Å². The van der Waals surface area contributed by atoms with Gasteiger partial charge < -0.3 is 0 Å². The summed E-state index contributed by atoms with van der Waals surface area (Å²) >= 11 is 6.07. The Balaban J connectivity index is 2.28. The standard InChI is InChI=1S/C14H15ClFN3/c1-9-4-11(6-12(16)5-9)14(19-17)7-10-2-3-18-8-13(10)15/h2-6,8,14,19H,7,17H2,1H3. The fourth-order valence-corrected chi connectivity index (χ4v) is 2.22. The lowest BCUT2D eigenvalue weighted by molar-refractivity contribution is 0.543. The van der Waals surface area contributed by atoms with Crippen LogP contribution in [-0.4, -0.2) is 4.98 Å². The van der Waals surface area contributed by atoms with E-state index in [4.69, 9.17) is 17.4 Å². The minimum absolute atomic E-state index is 0.200. The quantitative estimate of drug-likeness (QED) is 0.668. The van der Waals surface area contributed by atoms with Crippen molar-refractivity contribution >= 4 is 11.6 Å². The van der Waals surface area contributed by atoms with Gasteiger partial charge in [0, 0.05) is 12.4 Å². The van der Waals surface area contributed by atoms with Crippen molar-refractivity contribution in [2.45, 2.75) is 19.4 Å². The lowest BCUT2D eigenvalue weighted by Gasteiger charge is -2.17. The van der Waals surface area contributed by atoms with Crippen LogP contribution in [0.3, 0.4) is 0 Å². The molecule has 2 aromatic rings. The number of nitrogens with zero attached hydrogens (tertiary/aromatic N) is 1. The van der Waals surface area contributed by atoms with Gasteiger partial charge in [-0.25, -0.2) is 4.39 Å². The molecule has 3 N–H and O–H groups in total. The van der Waals surface area contributed by atoms with Crippen LogP contribution in [0.2, 0.25) is 5.02 Å². The first-order chi connectivity index (χ1) is 9.10. The van der Waals surface area contributed by atoms with E-state index in [-0.39, 0.29) is 11.9 Å². The first-order valence-electron chi connectivity index (χ1n) is 5.91. The summed E-state index contributed by atoms with van der Waals surface area (Å²) in [5.41, 5.74) is 5.28. The van der Waals surface area contributed by atoms with Crippen molar-refractivity contribution in [2.75, 3.05) is 0 Å². The molecule has 0 radical (unpaired) electrons. The Kier molecular flexibility index (Phi) is 4.47. The molecular weight excluding hydrogens is 265 g/mol. The summed E-state index contributed by atoms with van der Waals surface area (Å²) < 4.78 is 13.4. The van der Waals surface area contributed by atoms with Gasteiger partial charge in [0.1, 0.15) is 5.82 Å². The fourth-order valence-electron chi connectivity index (χ4n) is 2.03. The van der Waals surface area contributed by atoms with E-state index in [1.807, 2.05) is 19.1 Å². The Morgan fingerprint density at radius 1 is 1.42 bits per heavy atom. The van der Waals surface area contributed by atoms with Crippen LogP contribution in [0.1, 0.15) is 22.7 Å². The van der Waals surface area contributed by atoms with Gasteiger partial charge in [-0.05, 0) is 48.2 Å². The largest absolute Gasteiger partial charge is 0.271 e. The molecule has 19 heavy (non-hydrogen) atoms. The number of pyridine rings is 1. The van der Waals surface area contributed by atoms with E-state index in [2.05, 4.69) is 10.4 Å². The Morgan fingerprint density at radius 3 is 2.84 bits per heavy atom. The molecule has 1 unspecified atom stereocenters. The number of nitrogens with two attached hydrogens (primary N) is 1. The van der Waals surface area contributed by atoms with E-state index in [0.29, 0.717) is 11.4 Å². The second kappa shape index (κ2) is 6.10. The zero-order chi connectivity index (χ0) is 13.8. The number of hydrogen-bond acceptors (Lipinski definition) is 3. The van der Waals surface area contributed by atoms with Crippen LogP contribution in [0.4, 0.5) is 4.39 Å². The third-order valence-corrected chi connectivity index (χ3v) is 3.29. The molecule has 1 aromatic carbocycles. The van der Waals surface area contributed by atoms with Crippen LogP contribution < -0.4 is 11.3 Å². The summed E-state index contributed by atoms with van der Waals surface area (Å²) in [4.78, 5) is 3.94. The summed E-state index contributed by atoms with van der Waals surface area (Å²) in [7, 11) is 0. The van der Waals surface area contributed by atoms with E-state index in [1.54, 1.807) is 12.4 Å². The molecule has 1 aromatic heterocycles. The number of halogens is 2. The van der Waals surface area contributed by atoms with Gasteiger partial charge >= 0.3 is 0 Å². The topological polar surface area (TPSA) is 50.9 Å². The number of aryl methyl sites for hydroxylation is 1. The number of hydrogen-bond donors (Lipinski definition) is 2. The normalized spacial score (nSPS) is 12.4. The van der Waals surface area contributed by atoms with Gasteiger partial charge in [-0.15, -0.1) is 0 Å². The maximum Gasteiger partial charge on any atom is 0.123 e. The number of nitrogens with one attached hydrogen (secondary N) is 1. The predicted octanol–water partition coefficient (Wildman–Crippen LogP) is 2.93. The van der Waals surface area contributed by atoms with Crippen molar-refractivity contribution in [3.63, 3.8) is 0 Å². The molecule has 0 aliphatic carbocycles. The van der Waals surface area contributed by atoms with Crippen molar-refractivity contribution in [1.82, 2.24) is 10.4 Å². The molecule has 0 aliphatic heterocycles. The summed E-state index contributed by atoms with van der Waals surface area (Å²) in [6.45, 7) is 1.85. The molecule has 0 aliphatic rings. The first-order valence-corrected chi connectivity index (χ1v) is 6.29. The maximum atomic E-state index is 13.4. The van der Waals surface area contributed by atoms with Crippen molar-refractivity contribution in [2.24, 2.45) is 5.84 Å². The molecule has 0 fully saturated rings. The van der Waals surface area contributed by atoms with E-state index in [9.17, 15) is 4.39 Å². The summed E-state index contributed by atoms with van der Waals surface area (Å²) in [5, 5.41) is 0.580. The van der Waals surface area contributed by atoms with Crippen molar-refractivity contribution in [3.8, 4) is 0 Å². The number of rotatable bonds is 4. The molecule has 0 spiro atoms. The molecule has 0 saturated heterocycles. The molecule has 3 nitrogen and oxygen atoms in total. The second-order valence-corrected chi connectivity index (χ2v) is 4.86. The Morgan fingerprint density at radius 2 is 2.21 bits per heavy atom. The Labute approximate surface area is 116 Å². The van der Waals surface area contributed by atoms with Crippen molar-refractivity contribution in [3.05, 3.63) is 64.2 Å². The van der Waals surface area contributed by atoms with Crippen LogP contribution in [-0.2, 0) is 6.42 Å². The highest BCUT2D eigenvalue weighted by atomic mass is 35.5. The van der Waals surface area contributed by atoms with Crippen LogP contribution in [0.5, 0.6) is 0 Å². The third kappa shape index (κ3) is 3.50. The van der Waals surface area contributed by atoms with Crippen LogP contribution >= 0.6 is 11.6 Å². The highest BCUT2D eigenvalue weighted by Crippen LogP contribution is 2.23. The number of hydrazine groups is 1. The average Bonchev–Trinajstić information content (AvgIpc) is 2.36. The van der Waals surface area contributed by atoms with E-state index in [1.165, 1.54) is 12.1 Å². The smallest absolute Gasteiger partial charge is 0.123 e. The minimum atomic E-state index is -0.268. The molecule has 100 valence electrons. The first kappa shape index (κ1) is 13.9. The summed E-state index contributed by atoms with van der Waals surface area (Å²) in [5.74, 6) is 5.30. The van der Waals surface area contributed by atoms with Crippen molar-refractivity contribution in [1.29, 1.82) is 0 Å². The van der Waals surface area contributed by atoms with Gasteiger partial charge in [-0.2, -0.15) is 0 Å². The van der Waals surface area contributed by atoms with E-state index >= 15 is 0 Å². The third-order valence-electron chi connectivity index (χ3n) is 2.95. The molecular formula is C14H15ClFN3. The monoisotopic (exact) mass is 279 g/mol. The van der Waals surface area contributed by atoms with Crippen LogP contribution in [0.25, 0.3) is 0 Å². The molecule has 1 heterocycles. The van der Waals surface area contributed by atoms with Gasteiger partial charge in [-0.1, -0.05) is 17.7 Å². The SMILES string of the molecule is Cc1cc(F)cc(C(Cc2ccncc2Cl)NN)c1. The van der Waals surface area contributed by atoms with Gasteiger partial charge in [0.05, 0.1) is 11.1 Å². The van der Waals surface area contributed by atoms with Gasteiger partial charge in [0.25, 0.3) is 0 Å². The molecule has 5 heteroatoms. The fraction of sp³-hybridized carbons (Fsp3) is 0.214. The molecule has 0 bridgehead atoms. The lowest BCUT2D eigenvalue weighted by Crippen LogP contribution is -2.29. The maximum absolute atomic E-state index is 13.4. The average molecular weight is 280 g/mol. The second-order valence-electron chi connectivity index (χ2n) is 4.45. The lowest BCUT2D eigenvalue weighted by atomic mass is 9.98. The zero-order valence-corrected chi connectivity index (χ0v) is 11.3. The highest BCUT2D eigenvalue weighted by molar-refractivity contribution is 6.31. The molecule has 2 rings (SSSR count). The van der Waals surface area contributed by atoms with Gasteiger partial charge in [0.15, 0.2) is 0 Å². The molecule has 0 amide bonds. The predicted molar refractivity (Wildman–Crippen MR) is 74.2 cm³/mol. The Bertz CT molecular complexity index is 554. The number of benzene rings is 1. The van der Waals surface area contributed by atoms with Crippen LogP contribution in [0.15, 0.2) is 36.7 Å². The summed E-state index contributed by atoms with van der Waals surface area (Å²) in [6, 6.07) is 6.50. The highest BCUT2D eigenvalue weighted by Gasteiger charge is 2.13. The molecule has 0 saturated carbocycles. The zero-order valence-electron chi connectivity index (χ0n) is 10.5. The van der Waals surface area contributed by atoms with Crippen molar-refractivity contribution < 1.29 is 4.39 Å². The van der Waals surface area contributed by atoms with Crippen LogP contribution in [0, 0.1) is 12.7 Å². The van der Waals surface area contributed by atoms with Gasteiger partial charge in [-0.3, -0.25) is 16.3 Å². The van der Waals surface area contributed by atoms with E-state index < -0.39 is 0 Å². The Hall–Kier alpha value is -1.49. The number of aromatic nitrogens is 1. The minimum Gasteiger partial charge on any atom is -0.271 e. The van der Waals surface area contributed by atoms with E-state index in [0.717, 1.165) is 16.7 Å². The summed E-state index contributed by atoms with van der Waals surface area (Å²) in [6.07, 6.45) is 3.83.